The van der Waals surface area contributed by atoms with E-state index in [9.17, 15) is 4.79 Å². The number of halogens is 1. The second-order valence-electron chi connectivity index (χ2n) is 9.49. The van der Waals surface area contributed by atoms with Crippen LogP contribution in [-0.2, 0) is 6.61 Å². The molecule has 0 unspecified atom stereocenters. The molecule has 7 nitrogen and oxygen atoms in total. The zero-order valence-corrected chi connectivity index (χ0v) is 24.1. The van der Waals surface area contributed by atoms with E-state index in [0.29, 0.717) is 58.3 Å². The largest absolute Gasteiger partial charge is 0.490 e. The third kappa shape index (κ3) is 5.51. The molecule has 4 aromatic carbocycles. The summed E-state index contributed by atoms with van der Waals surface area (Å²) < 4.78 is 20.1. The molecule has 0 bridgehead atoms. The molecule has 0 saturated heterocycles. The van der Waals surface area contributed by atoms with Gasteiger partial charge in [0.05, 0.1) is 23.7 Å². The number of fused-ring (bicyclic) bond motifs is 2. The minimum absolute atomic E-state index is 0.304. The molecule has 2 heterocycles. The Morgan fingerprint density at radius 2 is 1.76 bits per heavy atom. The lowest BCUT2D eigenvalue weighted by atomic mass is 10.1. The van der Waals surface area contributed by atoms with Gasteiger partial charge in [0.2, 0.25) is 5.82 Å². The Balaban J connectivity index is 1.40. The van der Waals surface area contributed by atoms with Crippen LogP contribution in [-0.4, -0.2) is 22.5 Å². The highest BCUT2D eigenvalue weighted by molar-refractivity contribution is 9.10. The number of nitrogens with zero attached hydrogens (tertiary/aromatic N) is 3. The molecule has 6 aromatic rings. The van der Waals surface area contributed by atoms with Gasteiger partial charge in [-0.05, 0) is 71.7 Å². The van der Waals surface area contributed by atoms with Crippen LogP contribution in [0.15, 0.2) is 110 Å². The summed E-state index contributed by atoms with van der Waals surface area (Å²) in [6.07, 6.45) is 1.60. The molecule has 0 amide bonds. The summed E-state index contributed by atoms with van der Waals surface area (Å²) in [5, 5.41) is 5.96. The standard InChI is InChI=1S/C33H26BrN3O4/c1-3-39-29-17-24(26(34)18-30(29)40-20-22-10-8-9-21(2)15-22)19-35-37-32(31-16-23-11-4-7-14-28(23)41-31)36-27-13-6-5-12-25(27)33(37)38/h4-19H,3,20H2,1-2H3. The molecule has 0 atom stereocenters. The van der Waals surface area contributed by atoms with Gasteiger partial charge < -0.3 is 13.9 Å². The lowest BCUT2D eigenvalue weighted by Gasteiger charge is -2.14. The number of aromatic nitrogens is 2. The Kier molecular flexibility index (Phi) is 7.39. The van der Waals surface area contributed by atoms with E-state index in [1.807, 2.05) is 67.6 Å². The molecule has 6 rings (SSSR count). The van der Waals surface area contributed by atoms with E-state index in [-0.39, 0.29) is 5.56 Å². The summed E-state index contributed by atoms with van der Waals surface area (Å²) in [4.78, 5) is 18.4. The topological polar surface area (TPSA) is 78.9 Å². The number of benzene rings is 4. The van der Waals surface area contributed by atoms with Crippen LogP contribution in [0.1, 0.15) is 23.6 Å². The Bertz CT molecular complexity index is 1940. The van der Waals surface area contributed by atoms with E-state index < -0.39 is 0 Å². The van der Waals surface area contributed by atoms with Crippen LogP contribution < -0.4 is 15.0 Å². The van der Waals surface area contributed by atoms with Crippen molar-refractivity contribution in [3.05, 3.63) is 123 Å². The fourth-order valence-corrected chi connectivity index (χ4v) is 5.02. The maximum absolute atomic E-state index is 13.6. The second-order valence-corrected chi connectivity index (χ2v) is 10.3. The molecule has 41 heavy (non-hydrogen) atoms. The molecule has 2 aromatic heterocycles. The number of rotatable bonds is 8. The first-order valence-electron chi connectivity index (χ1n) is 13.2. The average molecular weight is 608 g/mol. The summed E-state index contributed by atoms with van der Waals surface area (Å²) in [5.74, 6) is 1.93. The van der Waals surface area contributed by atoms with E-state index in [0.717, 1.165) is 15.4 Å². The van der Waals surface area contributed by atoms with Crippen molar-refractivity contribution in [3.8, 4) is 23.1 Å². The van der Waals surface area contributed by atoms with Gasteiger partial charge in [-0.1, -0.05) is 60.2 Å². The van der Waals surface area contributed by atoms with Gasteiger partial charge in [-0.3, -0.25) is 4.79 Å². The molecule has 0 spiro atoms. The lowest BCUT2D eigenvalue weighted by molar-refractivity contribution is 0.269. The van der Waals surface area contributed by atoms with Crippen LogP contribution in [0.5, 0.6) is 11.5 Å². The summed E-state index contributed by atoms with van der Waals surface area (Å²) in [6.45, 7) is 4.83. The van der Waals surface area contributed by atoms with E-state index in [2.05, 4.69) is 40.1 Å². The van der Waals surface area contributed by atoms with E-state index in [1.54, 1.807) is 24.4 Å². The van der Waals surface area contributed by atoms with Crippen LogP contribution in [0.2, 0.25) is 0 Å². The number of hydrogen-bond acceptors (Lipinski definition) is 6. The molecule has 0 aliphatic rings. The lowest BCUT2D eigenvalue weighted by Crippen LogP contribution is -2.20. The van der Waals surface area contributed by atoms with Gasteiger partial charge in [0, 0.05) is 15.4 Å². The highest BCUT2D eigenvalue weighted by Gasteiger charge is 2.17. The zero-order valence-electron chi connectivity index (χ0n) is 22.5. The fourth-order valence-electron chi connectivity index (χ4n) is 4.60. The van der Waals surface area contributed by atoms with Gasteiger partial charge in [-0.15, -0.1) is 0 Å². The number of aryl methyl sites for hydroxylation is 1. The molecule has 0 N–H and O–H groups in total. The Hall–Kier alpha value is -4.69. The quantitative estimate of drug-likeness (QED) is 0.165. The third-order valence-corrected chi connectivity index (χ3v) is 7.24. The number of hydrogen-bond donors (Lipinski definition) is 0. The number of ether oxygens (including phenoxy) is 2. The SMILES string of the molecule is CCOc1cc(C=Nn2c(-c3cc4ccccc4o3)nc3ccccc3c2=O)c(Br)cc1OCc1cccc(C)c1. The molecule has 0 radical (unpaired) electrons. The highest BCUT2D eigenvalue weighted by atomic mass is 79.9. The first kappa shape index (κ1) is 26.5. The van der Waals surface area contributed by atoms with Crippen molar-refractivity contribution in [2.75, 3.05) is 6.61 Å². The van der Waals surface area contributed by atoms with Crippen molar-refractivity contribution in [1.82, 2.24) is 9.66 Å². The molecule has 8 heteroatoms. The monoisotopic (exact) mass is 607 g/mol. The van der Waals surface area contributed by atoms with Crippen LogP contribution in [0, 0.1) is 6.92 Å². The Morgan fingerprint density at radius 3 is 2.59 bits per heavy atom. The first-order valence-corrected chi connectivity index (χ1v) is 14.0. The Labute approximate surface area is 244 Å². The second kappa shape index (κ2) is 11.4. The van der Waals surface area contributed by atoms with Crippen LogP contribution in [0.25, 0.3) is 33.5 Å². The van der Waals surface area contributed by atoms with Crippen molar-refractivity contribution >= 4 is 44.0 Å². The van der Waals surface area contributed by atoms with Crippen LogP contribution >= 0.6 is 15.9 Å². The van der Waals surface area contributed by atoms with Crippen LogP contribution in [0.4, 0.5) is 0 Å². The van der Waals surface area contributed by atoms with E-state index >= 15 is 0 Å². The Morgan fingerprint density at radius 1 is 0.951 bits per heavy atom. The summed E-state index contributed by atoms with van der Waals surface area (Å²) in [6, 6.07) is 28.6. The van der Waals surface area contributed by atoms with Crippen molar-refractivity contribution in [1.29, 1.82) is 0 Å². The molecular formula is C33H26BrN3O4. The van der Waals surface area contributed by atoms with Gasteiger partial charge in [-0.2, -0.15) is 9.78 Å². The van der Waals surface area contributed by atoms with Crippen molar-refractivity contribution in [2.24, 2.45) is 5.10 Å². The van der Waals surface area contributed by atoms with Gasteiger partial charge >= 0.3 is 0 Å². The number of furan rings is 1. The molecule has 0 fully saturated rings. The molecule has 0 aliphatic heterocycles. The average Bonchev–Trinajstić information content (AvgIpc) is 3.41. The molecule has 0 saturated carbocycles. The van der Waals surface area contributed by atoms with Gasteiger partial charge in [0.25, 0.3) is 5.56 Å². The van der Waals surface area contributed by atoms with Gasteiger partial charge in [-0.25, -0.2) is 4.98 Å². The minimum atomic E-state index is -0.304. The van der Waals surface area contributed by atoms with E-state index in [1.165, 1.54) is 10.2 Å². The van der Waals surface area contributed by atoms with Gasteiger partial charge in [0.15, 0.2) is 17.3 Å². The predicted octanol–water partition coefficient (Wildman–Crippen LogP) is 7.74. The van der Waals surface area contributed by atoms with Crippen molar-refractivity contribution in [3.63, 3.8) is 0 Å². The summed E-state index contributed by atoms with van der Waals surface area (Å²) in [7, 11) is 0. The summed E-state index contributed by atoms with van der Waals surface area (Å²) >= 11 is 3.64. The highest BCUT2D eigenvalue weighted by Crippen LogP contribution is 2.34. The predicted molar refractivity (Wildman–Crippen MR) is 165 cm³/mol. The molecule has 204 valence electrons. The summed E-state index contributed by atoms with van der Waals surface area (Å²) in [5.41, 5.74) is 3.90. The van der Waals surface area contributed by atoms with Gasteiger partial charge in [0.1, 0.15) is 12.2 Å². The maximum atomic E-state index is 13.6. The molecular weight excluding hydrogens is 582 g/mol. The molecule has 0 aliphatic carbocycles. The first-order chi connectivity index (χ1) is 20.0. The number of para-hydroxylation sites is 2. The fraction of sp³-hybridized carbons (Fsp3) is 0.121. The van der Waals surface area contributed by atoms with Crippen LogP contribution in [0.3, 0.4) is 0 Å². The smallest absolute Gasteiger partial charge is 0.282 e. The normalized spacial score (nSPS) is 11.5. The maximum Gasteiger partial charge on any atom is 0.282 e. The third-order valence-electron chi connectivity index (χ3n) is 6.55. The van der Waals surface area contributed by atoms with Crippen molar-refractivity contribution in [2.45, 2.75) is 20.5 Å². The zero-order chi connectivity index (χ0) is 28.3. The minimum Gasteiger partial charge on any atom is -0.490 e. The van der Waals surface area contributed by atoms with Crippen molar-refractivity contribution < 1.29 is 13.9 Å². The van der Waals surface area contributed by atoms with E-state index in [4.69, 9.17) is 18.9 Å².